The average molecular weight is 297 g/mol. The van der Waals surface area contributed by atoms with Gasteiger partial charge in [-0.05, 0) is 17.7 Å². The Morgan fingerprint density at radius 2 is 2.10 bits per heavy atom. The molecular weight excluding hydrogens is 286 g/mol. The highest BCUT2D eigenvalue weighted by molar-refractivity contribution is 7.98. The minimum Gasteiger partial charge on any atom is -0.495 e. The molecule has 7 heteroatoms. The number of nitrogens with one attached hydrogen (secondary N) is 2. The maximum Gasteiger partial charge on any atom is 0.189 e. The van der Waals surface area contributed by atoms with E-state index in [0.717, 1.165) is 32.8 Å². The second kappa shape index (κ2) is 4.78. The predicted molar refractivity (Wildman–Crippen MR) is 81.2 cm³/mol. The summed E-state index contributed by atoms with van der Waals surface area (Å²) in [4.78, 5) is 18.5. The normalized spacial score (nSPS) is 11.4. The smallest absolute Gasteiger partial charge is 0.189 e. The number of benzene rings is 1. The first-order valence-corrected chi connectivity index (χ1v) is 7.36. The number of aromatic nitrogens is 5. The summed E-state index contributed by atoms with van der Waals surface area (Å²) in [5.41, 5.74) is 3.64. The first-order valence-electron chi connectivity index (χ1n) is 6.37. The predicted octanol–water partition coefficient (Wildman–Crippen LogP) is 2.83. The highest BCUT2D eigenvalue weighted by Crippen LogP contribution is 2.27. The molecule has 6 nitrogen and oxygen atoms in total. The van der Waals surface area contributed by atoms with Crippen LogP contribution < -0.4 is 0 Å². The zero-order chi connectivity index (χ0) is 14.2. The monoisotopic (exact) mass is 297 g/mol. The number of aromatic amines is 2. The van der Waals surface area contributed by atoms with E-state index in [0.29, 0.717) is 5.65 Å². The molecule has 0 atom stereocenters. The van der Waals surface area contributed by atoms with Gasteiger partial charge in [0, 0.05) is 22.7 Å². The molecule has 1 aromatic carbocycles. The molecule has 0 amide bonds. The Hall–Kier alpha value is -2.54. The minimum atomic E-state index is 0.185. The summed E-state index contributed by atoms with van der Waals surface area (Å²) < 4.78 is 0. The SMILES string of the molecule is Oc1cc2cc(CSc3ncnc4nc[nH]c34)ccc2[nH]1. The molecular formula is C14H11N5OS. The lowest BCUT2D eigenvalue weighted by Gasteiger charge is -2.02. The van der Waals surface area contributed by atoms with E-state index in [1.807, 2.05) is 12.1 Å². The van der Waals surface area contributed by atoms with Crippen molar-refractivity contribution < 1.29 is 5.11 Å². The number of imidazole rings is 1. The fourth-order valence-corrected chi connectivity index (χ4v) is 3.16. The summed E-state index contributed by atoms with van der Waals surface area (Å²) in [6.07, 6.45) is 3.15. The lowest BCUT2D eigenvalue weighted by molar-refractivity contribution is 0.458. The molecule has 104 valence electrons. The zero-order valence-electron chi connectivity index (χ0n) is 10.9. The van der Waals surface area contributed by atoms with Crippen LogP contribution in [0.3, 0.4) is 0 Å². The molecule has 0 bridgehead atoms. The van der Waals surface area contributed by atoms with E-state index in [-0.39, 0.29) is 5.88 Å². The average Bonchev–Trinajstić information content (AvgIpc) is 3.09. The van der Waals surface area contributed by atoms with Crippen LogP contribution in [0, 0.1) is 0 Å². The van der Waals surface area contributed by atoms with Gasteiger partial charge in [0.15, 0.2) is 11.5 Å². The van der Waals surface area contributed by atoms with Crippen LogP contribution in [-0.4, -0.2) is 30.0 Å². The van der Waals surface area contributed by atoms with Gasteiger partial charge in [-0.1, -0.05) is 17.8 Å². The van der Waals surface area contributed by atoms with E-state index < -0.39 is 0 Å². The Kier molecular flexibility index (Phi) is 2.78. The fraction of sp³-hybridized carbons (Fsp3) is 0.0714. The van der Waals surface area contributed by atoms with Crippen LogP contribution in [-0.2, 0) is 5.75 Å². The van der Waals surface area contributed by atoms with Gasteiger partial charge in [0.05, 0.1) is 6.33 Å². The third-order valence-corrected chi connectivity index (χ3v) is 4.30. The van der Waals surface area contributed by atoms with Crippen LogP contribution in [0.25, 0.3) is 22.1 Å². The van der Waals surface area contributed by atoms with Crippen LogP contribution in [0.15, 0.2) is 41.9 Å². The summed E-state index contributed by atoms with van der Waals surface area (Å²) in [7, 11) is 0. The molecule has 0 fully saturated rings. The number of nitrogens with zero attached hydrogens (tertiary/aromatic N) is 3. The van der Waals surface area contributed by atoms with E-state index in [9.17, 15) is 5.11 Å². The number of fused-ring (bicyclic) bond motifs is 2. The second-order valence-corrected chi connectivity index (χ2v) is 5.61. The largest absolute Gasteiger partial charge is 0.495 e. The Bertz CT molecular complexity index is 929. The maximum absolute atomic E-state index is 9.46. The number of thioether (sulfide) groups is 1. The lowest BCUT2D eigenvalue weighted by atomic mass is 10.2. The third kappa shape index (κ3) is 2.21. The number of aromatic hydroxyl groups is 1. The van der Waals surface area contributed by atoms with Crippen molar-refractivity contribution in [2.45, 2.75) is 10.8 Å². The van der Waals surface area contributed by atoms with Crippen LogP contribution in [0.4, 0.5) is 0 Å². The summed E-state index contributed by atoms with van der Waals surface area (Å²) in [6, 6.07) is 7.79. The molecule has 3 heterocycles. The number of hydrogen-bond donors (Lipinski definition) is 3. The van der Waals surface area contributed by atoms with Crippen LogP contribution in [0.5, 0.6) is 5.88 Å². The van der Waals surface area contributed by atoms with Crippen LogP contribution in [0.1, 0.15) is 5.56 Å². The molecule has 0 aliphatic carbocycles. The molecule has 0 radical (unpaired) electrons. The first kappa shape index (κ1) is 12.2. The van der Waals surface area contributed by atoms with E-state index in [1.165, 1.54) is 6.33 Å². The standard InChI is InChI=1S/C14H11N5OS/c20-11-4-9-3-8(1-2-10(9)19-11)5-21-14-12-13(16-6-15-12)17-7-18-14/h1-4,6-7,19-20H,5H2,(H,15,16,17,18). The van der Waals surface area contributed by atoms with Crippen molar-refractivity contribution in [3.8, 4) is 5.88 Å². The van der Waals surface area contributed by atoms with Crippen molar-refractivity contribution >= 4 is 33.8 Å². The minimum absolute atomic E-state index is 0.185. The van der Waals surface area contributed by atoms with Gasteiger partial charge in [0.1, 0.15) is 16.9 Å². The molecule has 0 saturated heterocycles. The van der Waals surface area contributed by atoms with Gasteiger partial charge < -0.3 is 15.1 Å². The molecule has 0 aliphatic rings. The third-order valence-electron chi connectivity index (χ3n) is 3.23. The highest BCUT2D eigenvalue weighted by Gasteiger charge is 2.07. The number of H-pyrrole nitrogens is 2. The Morgan fingerprint density at radius 3 is 3.05 bits per heavy atom. The fourth-order valence-electron chi connectivity index (χ4n) is 2.26. The number of rotatable bonds is 3. The summed E-state index contributed by atoms with van der Waals surface area (Å²) >= 11 is 1.63. The van der Waals surface area contributed by atoms with Crippen LogP contribution >= 0.6 is 11.8 Å². The van der Waals surface area contributed by atoms with Crippen molar-refractivity contribution in [2.24, 2.45) is 0 Å². The molecule has 0 spiro atoms. The van der Waals surface area contributed by atoms with E-state index in [4.69, 9.17) is 0 Å². The Morgan fingerprint density at radius 1 is 1.14 bits per heavy atom. The maximum atomic E-state index is 9.46. The van der Waals surface area contributed by atoms with Crippen LogP contribution in [0.2, 0.25) is 0 Å². The van der Waals surface area contributed by atoms with Gasteiger partial charge in [-0.25, -0.2) is 15.0 Å². The van der Waals surface area contributed by atoms with Gasteiger partial charge in [0.25, 0.3) is 0 Å². The summed E-state index contributed by atoms with van der Waals surface area (Å²) in [6.45, 7) is 0. The van der Waals surface area contributed by atoms with Gasteiger partial charge >= 0.3 is 0 Å². The molecule has 0 saturated carbocycles. The van der Waals surface area contributed by atoms with Crippen molar-refractivity contribution in [3.63, 3.8) is 0 Å². The van der Waals surface area contributed by atoms with E-state index in [1.54, 1.807) is 24.2 Å². The topological polar surface area (TPSA) is 90.5 Å². The second-order valence-electron chi connectivity index (χ2n) is 4.64. The van der Waals surface area contributed by atoms with Crippen molar-refractivity contribution in [1.29, 1.82) is 0 Å². The molecule has 0 unspecified atom stereocenters. The molecule has 4 aromatic rings. The van der Waals surface area contributed by atoms with Gasteiger partial charge in [0.2, 0.25) is 0 Å². The zero-order valence-corrected chi connectivity index (χ0v) is 11.7. The highest BCUT2D eigenvalue weighted by atomic mass is 32.2. The molecule has 3 N–H and O–H groups in total. The van der Waals surface area contributed by atoms with Gasteiger partial charge in [-0.3, -0.25) is 0 Å². The van der Waals surface area contributed by atoms with Gasteiger partial charge in [-0.2, -0.15) is 0 Å². The lowest BCUT2D eigenvalue weighted by Crippen LogP contribution is -1.87. The molecule has 3 aromatic heterocycles. The van der Waals surface area contributed by atoms with E-state index in [2.05, 4.69) is 31.0 Å². The summed E-state index contributed by atoms with van der Waals surface area (Å²) in [5, 5.41) is 11.3. The first-order chi connectivity index (χ1) is 10.3. The van der Waals surface area contributed by atoms with E-state index >= 15 is 0 Å². The molecule has 0 aliphatic heterocycles. The quantitative estimate of drug-likeness (QED) is 0.399. The van der Waals surface area contributed by atoms with Crippen molar-refractivity contribution in [1.82, 2.24) is 24.9 Å². The Labute approximate surface area is 123 Å². The van der Waals surface area contributed by atoms with Gasteiger partial charge in [-0.15, -0.1) is 0 Å². The van der Waals surface area contributed by atoms with Crippen molar-refractivity contribution in [3.05, 3.63) is 42.5 Å². The van der Waals surface area contributed by atoms with Crippen molar-refractivity contribution in [2.75, 3.05) is 0 Å². The Balaban J connectivity index is 1.61. The molecule has 4 rings (SSSR count). The summed E-state index contributed by atoms with van der Waals surface area (Å²) in [5.74, 6) is 0.970. The molecule has 21 heavy (non-hydrogen) atoms. The number of hydrogen-bond acceptors (Lipinski definition) is 5.